The number of hydrogen-bond donors (Lipinski definition) is 1. The quantitative estimate of drug-likeness (QED) is 0.416. The highest BCUT2D eigenvalue weighted by Gasteiger charge is 2.37. The summed E-state index contributed by atoms with van der Waals surface area (Å²) >= 11 is 11.0. The lowest BCUT2D eigenvalue weighted by Gasteiger charge is -2.27. The predicted molar refractivity (Wildman–Crippen MR) is 149 cm³/mol. The van der Waals surface area contributed by atoms with Gasteiger partial charge in [0.05, 0.1) is 30.6 Å². The largest absolute Gasteiger partial charge is 0.496 e. The van der Waals surface area contributed by atoms with Gasteiger partial charge in [-0.1, -0.05) is 52.2 Å². The molecule has 0 aliphatic carbocycles. The molecular formula is C27H23BrClN3O5S. The molecule has 0 saturated carbocycles. The van der Waals surface area contributed by atoms with Crippen molar-refractivity contribution >= 4 is 62.0 Å². The minimum Gasteiger partial charge on any atom is -0.496 e. The monoisotopic (exact) mass is 615 g/mol. The second kappa shape index (κ2) is 10.5. The lowest BCUT2D eigenvalue weighted by atomic mass is 9.93. The molecule has 3 aromatic rings. The highest BCUT2D eigenvalue weighted by atomic mass is 79.9. The van der Waals surface area contributed by atoms with E-state index in [1.807, 2.05) is 13.0 Å². The van der Waals surface area contributed by atoms with Gasteiger partial charge in [-0.15, -0.1) is 0 Å². The topological polar surface area (TPSA) is 99.0 Å². The number of rotatable bonds is 6. The molecule has 0 unspecified atom stereocenters. The van der Waals surface area contributed by atoms with Crippen LogP contribution in [0.4, 0.5) is 5.69 Å². The van der Waals surface area contributed by atoms with E-state index in [1.165, 1.54) is 11.7 Å². The van der Waals surface area contributed by atoms with Crippen molar-refractivity contribution in [3.63, 3.8) is 0 Å². The van der Waals surface area contributed by atoms with E-state index in [2.05, 4.69) is 21.2 Å². The fraction of sp³-hybridized carbons (Fsp3) is 0.259. The van der Waals surface area contributed by atoms with Gasteiger partial charge >= 0.3 is 5.97 Å². The number of hydrogen-bond acceptors (Lipinski definition) is 7. The SMILES string of the molecule is CCCC1=C(C(=O)OCC)[C@H](c2cc(Cl)ccc2OC)n2c(s/c(=C3/C(=O)Nc4ccc(Br)cc43)c2=O)=N1. The van der Waals surface area contributed by atoms with Crippen molar-refractivity contribution in [2.45, 2.75) is 32.7 Å². The number of nitrogens with one attached hydrogen (secondary N) is 1. The molecule has 1 amide bonds. The Morgan fingerprint density at radius 2 is 2.00 bits per heavy atom. The van der Waals surface area contributed by atoms with Crippen molar-refractivity contribution in [1.29, 1.82) is 0 Å². The Bertz CT molecular complexity index is 1710. The molecule has 196 valence electrons. The first-order valence-electron chi connectivity index (χ1n) is 12.0. The maximum Gasteiger partial charge on any atom is 0.338 e. The second-order valence-corrected chi connectivity index (χ2v) is 11.0. The summed E-state index contributed by atoms with van der Waals surface area (Å²) in [6.07, 6.45) is 1.20. The van der Waals surface area contributed by atoms with Gasteiger partial charge in [0.25, 0.3) is 11.5 Å². The zero-order valence-corrected chi connectivity index (χ0v) is 23.9. The van der Waals surface area contributed by atoms with Crippen LogP contribution in [0.2, 0.25) is 5.02 Å². The number of amides is 1. The molecule has 0 fully saturated rings. The van der Waals surface area contributed by atoms with Crippen LogP contribution in [0.3, 0.4) is 0 Å². The van der Waals surface area contributed by atoms with Crippen LogP contribution in [0.5, 0.6) is 5.75 Å². The van der Waals surface area contributed by atoms with E-state index in [4.69, 9.17) is 26.1 Å². The highest BCUT2D eigenvalue weighted by molar-refractivity contribution is 9.10. The predicted octanol–water partition coefficient (Wildman–Crippen LogP) is 4.33. The summed E-state index contributed by atoms with van der Waals surface area (Å²) in [6, 6.07) is 9.52. The van der Waals surface area contributed by atoms with E-state index in [1.54, 1.807) is 37.3 Å². The lowest BCUT2D eigenvalue weighted by Crippen LogP contribution is -2.41. The number of halogens is 2. The van der Waals surface area contributed by atoms with E-state index >= 15 is 0 Å². The number of methoxy groups -OCH3 is 1. The molecule has 5 rings (SSSR count). The molecule has 0 spiro atoms. The number of fused-ring (bicyclic) bond motifs is 2. The number of anilines is 1. The zero-order valence-electron chi connectivity index (χ0n) is 20.8. The Balaban J connectivity index is 1.89. The first-order chi connectivity index (χ1) is 18.3. The standard InChI is InChI=1S/C27H23BrClN3O5S/c1-4-6-18-21(26(35)37-5-2)22(16-12-14(29)8-10-19(16)36-3)32-25(34)23(38-27(32)31-18)20-15-11-13(28)7-9-17(15)30-24(20)33/h7-12,22H,4-6H2,1-3H3,(H,30,33)/b23-20+/t22-/m0/s1. The average molecular weight is 617 g/mol. The maximum absolute atomic E-state index is 14.2. The average Bonchev–Trinajstić information content (AvgIpc) is 3.38. The van der Waals surface area contributed by atoms with Gasteiger partial charge in [0.2, 0.25) is 0 Å². The lowest BCUT2D eigenvalue weighted by molar-refractivity contribution is -0.139. The van der Waals surface area contributed by atoms with Gasteiger partial charge in [-0.25, -0.2) is 9.79 Å². The van der Waals surface area contributed by atoms with Gasteiger partial charge in [-0.2, -0.15) is 0 Å². The third-order valence-electron chi connectivity index (χ3n) is 6.31. The van der Waals surface area contributed by atoms with Gasteiger partial charge in [-0.05, 0) is 49.7 Å². The normalized spacial score (nSPS) is 17.5. The molecule has 2 aliphatic rings. The molecule has 0 radical (unpaired) electrons. The summed E-state index contributed by atoms with van der Waals surface area (Å²) in [4.78, 5) is 45.7. The van der Waals surface area contributed by atoms with Crippen LogP contribution in [0, 0.1) is 0 Å². The summed E-state index contributed by atoms with van der Waals surface area (Å²) in [5.74, 6) is -0.499. The van der Waals surface area contributed by atoms with Crippen molar-refractivity contribution in [3.8, 4) is 5.75 Å². The molecule has 11 heteroatoms. The summed E-state index contributed by atoms with van der Waals surface area (Å²) < 4.78 is 13.5. The Hall–Kier alpha value is -3.21. The second-order valence-electron chi connectivity index (χ2n) is 8.64. The molecular weight excluding hydrogens is 594 g/mol. The Morgan fingerprint density at radius 1 is 1.21 bits per heavy atom. The van der Waals surface area contributed by atoms with Crippen LogP contribution in [0.25, 0.3) is 5.57 Å². The molecule has 0 saturated heterocycles. The van der Waals surface area contributed by atoms with E-state index in [0.29, 0.717) is 50.9 Å². The van der Waals surface area contributed by atoms with E-state index in [-0.39, 0.29) is 28.2 Å². The third-order valence-corrected chi connectivity index (χ3v) is 8.09. The molecule has 1 aromatic heterocycles. The number of allylic oxidation sites excluding steroid dienone is 1. The van der Waals surface area contributed by atoms with Crippen LogP contribution >= 0.6 is 38.9 Å². The number of carbonyl (C=O) groups is 2. The van der Waals surface area contributed by atoms with E-state index in [9.17, 15) is 14.4 Å². The highest BCUT2D eigenvalue weighted by Crippen LogP contribution is 2.38. The molecule has 0 bridgehead atoms. The number of ether oxygens (including phenoxy) is 2. The molecule has 2 aromatic carbocycles. The Labute approximate surface area is 235 Å². The number of nitrogens with zero attached hydrogens (tertiary/aromatic N) is 2. The van der Waals surface area contributed by atoms with Gasteiger partial charge in [-0.3, -0.25) is 14.2 Å². The fourth-order valence-electron chi connectivity index (χ4n) is 4.75. The zero-order chi connectivity index (χ0) is 27.1. The van der Waals surface area contributed by atoms with Gasteiger partial charge < -0.3 is 14.8 Å². The first kappa shape index (κ1) is 26.4. The number of aromatic nitrogens is 1. The molecule has 38 heavy (non-hydrogen) atoms. The van der Waals surface area contributed by atoms with Crippen molar-refractivity contribution in [1.82, 2.24) is 4.57 Å². The van der Waals surface area contributed by atoms with Crippen LogP contribution in [0.15, 0.2) is 61.9 Å². The van der Waals surface area contributed by atoms with Gasteiger partial charge in [0.1, 0.15) is 16.3 Å². The summed E-state index contributed by atoms with van der Waals surface area (Å²) in [6.45, 7) is 3.86. The molecule has 1 atom stereocenters. The number of benzene rings is 2. The fourth-order valence-corrected chi connectivity index (χ4v) is 6.41. The minimum atomic E-state index is -0.915. The summed E-state index contributed by atoms with van der Waals surface area (Å²) in [5.41, 5.74) is 2.34. The summed E-state index contributed by atoms with van der Waals surface area (Å²) in [5, 5.41) is 3.25. The first-order valence-corrected chi connectivity index (χ1v) is 14.0. The minimum absolute atomic E-state index is 0.154. The number of carbonyl (C=O) groups excluding carboxylic acids is 2. The van der Waals surface area contributed by atoms with Gasteiger partial charge in [0, 0.05) is 26.3 Å². The molecule has 8 nitrogen and oxygen atoms in total. The van der Waals surface area contributed by atoms with Crippen molar-refractivity contribution < 1.29 is 19.1 Å². The molecule has 3 heterocycles. The van der Waals surface area contributed by atoms with E-state index in [0.717, 1.165) is 15.8 Å². The Morgan fingerprint density at radius 3 is 2.71 bits per heavy atom. The Kier molecular flexibility index (Phi) is 7.30. The van der Waals surface area contributed by atoms with Crippen LogP contribution in [0.1, 0.15) is 43.9 Å². The van der Waals surface area contributed by atoms with Crippen molar-refractivity contribution in [3.05, 3.63) is 88.0 Å². The number of esters is 1. The molecule has 2 aliphatic heterocycles. The molecule has 1 N–H and O–H groups in total. The van der Waals surface area contributed by atoms with Crippen LogP contribution in [-0.2, 0) is 14.3 Å². The number of thiazole rings is 1. The third kappa shape index (κ3) is 4.40. The smallest absolute Gasteiger partial charge is 0.338 e. The van der Waals surface area contributed by atoms with Crippen LogP contribution in [-0.4, -0.2) is 30.2 Å². The van der Waals surface area contributed by atoms with Crippen molar-refractivity contribution in [2.24, 2.45) is 4.99 Å². The maximum atomic E-state index is 14.2. The van der Waals surface area contributed by atoms with Crippen LogP contribution < -0.4 is 24.9 Å². The van der Waals surface area contributed by atoms with Gasteiger partial charge in [0.15, 0.2) is 4.80 Å². The summed E-state index contributed by atoms with van der Waals surface area (Å²) in [7, 11) is 1.51. The van der Waals surface area contributed by atoms with Crippen molar-refractivity contribution in [2.75, 3.05) is 19.0 Å². The van der Waals surface area contributed by atoms with E-state index < -0.39 is 17.6 Å².